The molecule has 13 heavy (non-hydrogen) atoms. The van der Waals surface area contributed by atoms with Gasteiger partial charge < -0.3 is 10.1 Å². The normalized spacial score (nSPS) is 10.5. The Hall–Kier alpha value is -1.98. The van der Waals surface area contributed by atoms with E-state index in [4.69, 9.17) is 0 Å². The molecule has 0 aliphatic rings. The van der Waals surface area contributed by atoms with Gasteiger partial charge in [-0.1, -0.05) is 0 Å². The van der Waals surface area contributed by atoms with Gasteiger partial charge in [-0.2, -0.15) is 4.40 Å². The number of fused-ring (bicyclic) bond motifs is 1. The van der Waals surface area contributed by atoms with Crippen LogP contribution in [0.5, 0.6) is 0 Å². The van der Waals surface area contributed by atoms with Crippen LogP contribution in [0.1, 0.15) is 0 Å². The van der Waals surface area contributed by atoms with E-state index >= 15 is 0 Å². The van der Waals surface area contributed by atoms with Crippen LogP contribution in [0, 0.1) is 15.9 Å². The Labute approximate surface area is 71.6 Å². The summed E-state index contributed by atoms with van der Waals surface area (Å²) in [7, 11) is 0. The number of pyridine rings is 1. The average molecular weight is 181 g/mol. The molecule has 0 aliphatic heterocycles. The molecule has 0 spiro atoms. The lowest BCUT2D eigenvalue weighted by Gasteiger charge is -1.91. The first kappa shape index (κ1) is 7.66. The Kier molecular flexibility index (Phi) is 1.48. The van der Waals surface area contributed by atoms with Crippen LogP contribution in [0.4, 0.5) is 10.2 Å². The lowest BCUT2D eigenvalue weighted by molar-refractivity contribution is -0.390. The zero-order valence-corrected chi connectivity index (χ0v) is 6.35. The molecule has 0 atom stereocenters. The van der Waals surface area contributed by atoms with Crippen molar-refractivity contribution in [1.29, 1.82) is 0 Å². The quantitative estimate of drug-likeness (QED) is 0.493. The second-order valence-electron chi connectivity index (χ2n) is 2.45. The minimum atomic E-state index is -0.572. The van der Waals surface area contributed by atoms with E-state index in [1.54, 1.807) is 0 Å². The van der Waals surface area contributed by atoms with Gasteiger partial charge in [-0.05, 0) is 4.92 Å². The molecule has 0 aromatic carbocycles. The molecule has 2 aromatic heterocycles. The van der Waals surface area contributed by atoms with Gasteiger partial charge in [0.25, 0.3) is 0 Å². The van der Waals surface area contributed by atoms with Crippen LogP contribution in [0.25, 0.3) is 5.65 Å². The maximum atomic E-state index is 12.6. The van der Waals surface area contributed by atoms with Crippen LogP contribution in [0.15, 0.2) is 24.5 Å². The second kappa shape index (κ2) is 2.51. The van der Waals surface area contributed by atoms with Gasteiger partial charge in [0, 0.05) is 12.1 Å². The zero-order chi connectivity index (χ0) is 9.42. The molecule has 2 aromatic rings. The number of imidazole rings is 1. The standard InChI is InChI=1S/C7H4FN3O2/c8-5-1-2-10-6(3-5)9-4-7(10)11(12)13/h1-4H. The van der Waals surface area contributed by atoms with Crippen molar-refractivity contribution in [1.82, 2.24) is 9.38 Å². The van der Waals surface area contributed by atoms with Crippen molar-refractivity contribution < 1.29 is 9.31 Å². The van der Waals surface area contributed by atoms with E-state index in [9.17, 15) is 14.5 Å². The fourth-order valence-electron chi connectivity index (χ4n) is 1.08. The van der Waals surface area contributed by atoms with Crippen LogP contribution in [0.3, 0.4) is 0 Å². The van der Waals surface area contributed by atoms with Crippen LogP contribution >= 0.6 is 0 Å². The summed E-state index contributed by atoms with van der Waals surface area (Å²) < 4.78 is 13.8. The third-order valence-corrected chi connectivity index (χ3v) is 1.64. The second-order valence-corrected chi connectivity index (χ2v) is 2.45. The SMILES string of the molecule is O=[N+]([O-])c1cnc2cc(F)ccn12. The van der Waals surface area contributed by atoms with Gasteiger partial charge in [0.15, 0.2) is 0 Å². The molecule has 0 aliphatic carbocycles. The molecule has 0 saturated carbocycles. The van der Waals surface area contributed by atoms with Crippen molar-refractivity contribution in [2.75, 3.05) is 0 Å². The lowest BCUT2D eigenvalue weighted by atomic mass is 10.4. The highest BCUT2D eigenvalue weighted by molar-refractivity contribution is 5.44. The molecular formula is C7H4FN3O2. The molecule has 0 saturated heterocycles. The molecule has 0 fully saturated rings. The first-order valence-corrected chi connectivity index (χ1v) is 3.45. The van der Waals surface area contributed by atoms with Gasteiger partial charge >= 0.3 is 5.82 Å². The van der Waals surface area contributed by atoms with Gasteiger partial charge in [-0.25, -0.2) is 9.37 Å². The number of nitrogens with zero attached hydrogens (tertiary/aromatic N) is 3. The van der Waals surface area contributed by atoms with E-state index in [1.165, 1.54) is 10.6 Å². The first-order chi connectivity index (χ1) is 6.18. The summed E-state index contributed by atoms with van der Waals surface area (Å²) in [5, 5.41) is 10.4. The van der Waals surface area contributed by atoms with Crippen molar-refractivity contribution in [3.05, 3.63) is 40.5 Å². The number of halogens is 1. The Morgan fingerprint density at radius 1 is 1.62 bits per heavy atom. The van der Waals surface area contributed by atoms with Crippen molar-refractivity contribution in [2.45, 2.75) is 0 Å². The molecule has 66 valence electrons. The van der Waals surface area contributed by atoms with Crippen molar-refractivity contribution >= 4 is 11.5 Å². The molecule has 6 heteroatoms. The summed E-state index contributed by atoms with van der Waals surface area (Å²) in [6.45, 7) is 0. The summed E-state index contributed by atoms with van der Waals surface area (Å²) in [5.41, 5.74) is 0.228. The highest BCUT2D eigenvalue weighted by Gasteiger charge is 2.13. The summed E-state index contributed by atoms with van der Waals surface area (Å²) in [4.78, 5) is 13.5. The summed E-state index contributed by atoms with van der Waals surface area (Å²) in [6, 6.07) is 2.27. The van der Waals surface area contributed by atoms with Crippen molar-refractivity contribution in [2.24, 2.45) is 0 Å². The predicted molar refractivity (Wildman–Crippen MR) is 41.8 cm³/mol. The van der Waals surface area contributed by atoms with Gasteiger partial charge in [-0.15, -0.1) is 0 Å². The van der Waals surface area contributed by atoms with Gasteiger partial charge in [0.05, 0.1) is 0 Å². The monoisotopic (exact) mass is 181 g/mol. The minimum Gasteiger partial charge on any atom is -0.358 e. The van der Waals surface area contributed by atoms with E-state index in [-0.39, 0.29) is 11.5 Å². The van der Waals surface area contributed by atoms with E-state index < -0.39 is 10.7 Å². The maximum absolute atomic E-state index is 12.6. The van der Waals surface area contributed by atoms with E-state index in [0.717, 1.165) is 18.3 Å². The molecule has 2 rings (SSSR count). The highest BCUT2D eigenvalue weighted by Crippen LogP contribution is 2.14. The number of hydrogen-bond acceptors (Lipinski definition) is 3. The number of rotatable bonds is 1. The smallest absolute Gasteiger partial charge is 0.347 e. The maximum Gasteiger partial charge on any atom is 0.347 e. The molecule has 0 radical (unpaired) electrons. The predicted octanol–water partition coefficient (Wildman–Crippen LogP) is 1.38. The summed E-state index contributed by atoms with van der Waals surface area (Å²) >= 11 is 0. The van der Waals surface area contributed by atoms with Gasteiger partial charge in [0.2, 0.25) is 5.65 Å². The molecule has 0 N–H and O–H groups in total. The van der Waals surface area contributed by atoms with E-state index in [2.05, 4.69) is 4.98 Å². The van der Waals surface area contributed by atoms with Crippen molar-refractivity contribution in [3.63, 3.8) is 0 Å². The highest BCUT2D eigenvalue weighted by atomic mass is 19.1. The van der Waals surface area contributed by atoms with Crippen LogP contribution in [-0.2, 0) is 0 Å². The topological polar surface area (TPSA) is 60.4 Å². The number of nitro groups is 1. The molecule has 0 bridgehead atoms. The van der Waals surface area contributed by atoms with E-state index in [0.29, 0.717) is 0 Å². The van der Waals surface area contributed by atoms with Gasteiger partial charge in [0.1, 0.15) is 18.2 Å². The van der Waals surface area contributed by atoms with Gasteiger partial charge in [-0.3, -0.25) is 0 Å². The molecule has 0 amide bonds. The Morgan fingerprint density at radius 2 is 2.38 bits per heavy atom. The fourth-order valence-corrected chi connectivity index (χ4v) is 1.08. The number of hydrogen-bond donors (Lipinski definition) is 0. The summed E-state index contributed by atoms with van der Waals surface area (Å²) in [6.07, 6.45) is 2.37. The summed E-state index contributed by atoms with van der Waals surface area (Å²) in [5.74, 6) is -0.636. The molecular weight excluding hydrogens is 177 g/mol. The van der Waals surface area contributed by atoms with Crippen molar-refractivity contribution in [3.8, 4) is 0 Å². The largest absolute Gasteiger partial charge is 0.358 e. The zero-order valence-electron chi connectivity index (χ0n) is 6.35. The Morgan fingerprint density at radius 3 is 3.08 bits per heavy atom. The fraction of sp³-hybridized carbons (Fsp3) is 0. The third kappa shape index (κ3) is 1.12. The molecule has 2 heterocycles. The third-order valence-electron chi connectivity index (χ3n) is 1.64. The van der Waals surface area contributed by atoms with Crippen LogP contribution in [0.2, 0.25) is 0 Å². The first-order valence-electron chi connectivity index (χ1n) is 3.45. The minimum absolute atomic E-state index is 0.171. The Balaban J connectivity index is 2.76. The van der Waals surface area contributed by atoms with Crippen LogP contribution < -0.4 is 0 Å². The molecule has 5 nitrogen and oxygen atoms in total. The average Bonchev–Trinajstić information content (AvgIpc) is 2.46. The van der Waals surface area contributed by atoms with Crippen LogP contribution in [-0.4, -0.2) is 14.3 Å². The number of aromatic nitrogens is 2. The lowest BCUT2D eigenvalue weighted by Crippen LogP contribution is -1.93. The van der Waals surface area contributed by atoms with E-state index in [1.807, 2.05) is 0 Å². The Bertz CT molecular complexity index is 480. The molecule has 0 unspecified atom stereocenters.